The minimum absolute atomic E-state index is 0.000151. The summed E-state index contributed by atoms with van der Waals surface area (Å²) in [5.41, 5.74) is 3.63. The lowest BCUT2D eigenvalue weighted by Crippen LogP contribution is -2.51. The van der Waals surface area contributed by atoms with Crippen LogP contribution in [0.3, 0.4) is 0 Å². The second-order valence-electron chi connectivity index (χ2n) is 18.3. The van der Waals surface area contributed by atoms with Crippen LogP contribution >= 0.6 is 0 Å². The fourth-order valence-corrected chi connectivity index (χ4v) is 9.94. The Labute approximate surface area is 441 Å². The van der Waals surface area contributed by atoms with Gasteiger partial charge < -0.3 is 49.5 Å². The lowest BCUT2D eigenvalue weighted by molar-refractivity contribution is -0.131. The van der Waals surface area contributed by atoms with E-state index < -0.39 is 23.4 Å². The van der Waals surface area contributed by atoms with Crippen molar-refractivity contribution in [3.8, 4) is 23.1 Å². The predicted octanol–water partition coefficient (Wildman–Crippen LogP) is 4.30. The van der Waals surface area contributed by atoms with E-state index in [4.69, 9.17) is 19.6 Å². The molecule has 6 aromatic heterocycles. The number of ketones is 2. The number of aromatic nitrogens is 10. The average Bonchev–Trinajstić information content (AvgIpc) is 4.38. The van der Waals surface area contributed by atoms with Gasteiger partial charge in [-0.3, -0.25) is 24.4 Å². The smallest absolute Gasteiger partial charge is 0.377 e. The van der Waals surface area contributed by atoms with Crippen LogP contribution in [0.25, 0.3) is 33.4 Å². The maximum absolute atomic E-state index is 13.5. The number of hydrogen-bond donors (Lipinski definition) is 4. The Bertz CT molecular complexity index is 3500. The van der Waals surface area contributed by atoms with Crippen LogP contribution in [0.15, 0.2) is 108 Å². The molecule has 0 radical (unpaired) electrons. The Balaban J connectivity index is 0.000000145. The maximum atomic E-state index is 13.5. The average molecular weight is 1040 g/mol. The zero-order valence-electron chi connectivity index (χ0n) is 43.0. The number of aryl methyl sites for hydroxylation is 2. The Morgan fingerprint density at radius 2 is 1.13 bits per heavy atom. The minimum Gasteiger partial charge on any atom is -0.494 e. The molecule has 2 fully saturated rings. The number of piperidine rings is 1. The number of piperazine rings is 1. The first-order valence-corrected chi connectivity index (χ1v) is 25.2. The van der Waals surface area contributed by atoms with Crippen molar-refractivity contribution < 1.29 is 33.8 Å². The fraction of sp³-hybridized carbons (Fsp3) is 0.321. The molecule has 4 N–H and O–H groups in total. The summed E-state index contributed by atoms with van der Waals surface area (Å²) in [6, 6.07) is 20.8. The molecule has 4 aliphatic heterocycles. The van der Waals surface area contributed by atoms with Crippen LogP contribution in [-0.4, -0.2) is 179 Å². The number of benzene rings is 2. The summed E-state index contributed by atoms with van der Waals surface area (Å²) in [6.45, 7) is 12.3. The Morgan fingerprint density at radius 1 is 0.623 bits per heavy atom. The second kappa shape index (κ2) is 22.7. The van der Waals surface area contributed by atoms with Gasteiger partial charge in [-0.15, -0.1) is 0 Å². The molecule has 0 aliphatic carbocycles. The molecule has 4 aliphatic rings. The third-order valence-electron chi connectivity index (χ3n) is 13.6. The number of ether oxygens (including phenoxy) is 2. The number of carbonyl (C=O) groups is 4. The van der Waals surface area contributed by atoms with Crippen LogP contribution in [0.2, 0.25) is 0 Å². The standard InChI is InChI=1S/C27H28N8O3.C13H11N5O4.C13H18N4/c1-17-31-16-35(32-17)26-23-22(21(38-2)15-30-26)20(14-29-23)24(36)27(37)33-11-8-18(9-12-33)25-28-10-13-34(25)19-6-4-3-5-7-19;1-6-16-5-18(17-6)12-10-9(8(22-2)4-15-12)7(3-14-10)11(19)13(20)21;1-2-4-12(5-3-1)17-11-8-15-13(17)16-9-6-14-7-10-16/h3-7,14-16,18,29H,8-13H2,1-2H3;3-5,14H,1-2H3,(H,20,21);1-5,14H,6-11H2. The van der Waals surface area contributed by atoms with Gasteiger partial charge in [0.2, 0.25) is 5.96 Å². The Hall–Kier alpha value is -9.32. The van der Waals surface area contributed by atoms with E-state index in [1.165, 1.54) is 54.2 Å². The number of pyridine rings is 2. The van der Waals surface area contributed by atoms with Crippen LogP contribution in [0, 0.1) is 19.8 Å². The lowest BCUT2D eigenvalue weighted by atomic mass is 9.94. The van der Waals surface area contributed by atoms with E-state index >= 15 is 0 Å². The molecule has 0 unspecified atom stereocenters. The molecule has 2 aromatic carbocycles. The van der Waals surface area contributed by atoms with Crippen molar-refractivity contribution >= 4 is 68.4 Å². The molecule has 1 amide bonds. The minimum atomic E-state index is -1.54. The number of nitrogens with zero attached hydrogens (tertiary/aromatic N) is 14. The number of amides is 1. The molecule has 0 bridgehead atoms. The highest BCUT2D eigenvalue weighted by atomic mass is 16.5. The molecule has 0 atom stereocenters. The molecular formula is C53H57N17O7. The number of rotatable bonds is 11. The van der Waals surface area contributed by atoms with E-state index in [2.05, 4.69) is 108 Å². The van der Waals surface area contributed by atoms with E-state index in [1.54, 1.807) is 31.3 Å². The van der Waals surface area contributed by atoms with E-state index in [0.29, 0.717) is 69.7 Å². The molecule has 24 heteroatoms. The summed E-state index contributed by atoms with van der Waals surface area (Å²) < 4.78 is 13.6. The molecule has 0 saturated carbocycles. The molecule has 2 saturated heterocycles. The first kappa shape index (κ1) is 51.2. The number of hydrogen-bond acceptors (Lipinski definition) is 18. The summed E-state index contributed by atoms with van der Waals surface area (Å²) in [5.74, 6) is 1.51. The monoisotopic (exact) mass is 1040 g/mol. The van der Waals surface area contributed by atoms with Crippen molar-refractivity contribution in [2.24, 2.45) is 15.9 Å². The summed E-state index contributed by atoms with van der Waals surface area (Å²) in [7, 11) is 2.92. The number of carboxylic acids is 1. The van der Waals surface area contributed by atoms with Gasteiger partial charge in [0, 0.05) is 82.0 Å². The van der Waals surface area contributed by atoms with Crippen LogP contribution in [-0.2, 0) is 9.59 Å². The van der Waals surface area contributed by atoms with Gasteiger partial charge in [0.1, 0.15) is 41.6 Å². The number of aliphatic carboxylic acids is 1. The largest absolute Gasteiger partial charge is 0.494 e. The predicted molar refractivity (Wildman–Crippen MR) is 287 cm³/mol. The number of likely N-dealkylation sites (tertiary alicyclic amines) is 1. The number of fused-ring (bicyclic) bond motifs is 2. The quantitative estimate of drug-likeness (QED) is 0.104. The fourth-order valence-electron chi connectivity index (χ4n) is 9.94. The van der Waals surface area contributed by atoms with Gasteiger partial charge >= 0.3 is 5.97 Å². The number of amidine groups is 1. The Kier molecular flexibility index (Phi) is 15.1. The van der Waals surface area contributed by atoms with Crippen LogP contribution in [0.4, 0.5) is 11.4 Å². The summed E-state index contributed by atoms with van der Waals surface area (Å²) in [5, 5.41) is 21.6. The number of carbonyl (C=O) groups excluding carboxylic acids is 3. The van der Waals surface area contributed by atoms with Crippen molar-refractivity contribution in [1.29, 1.82) is 0 Å². The molecule has 10 heterocycles. The third kappa shape index (κ3) is 10.5. The van der Waals surface area contributed by atoms with Crippen molar-refractivity contribution in [1.82, 2.24) is 64.6 Å². The summed E-state index contributed by atoms with van der Waals surface area (Å²) >= 11 is 0. The molecule has 396 valence electrons. The third-order valence-corrected chi connectivity index (χ3v) is 13.6. The zero-order valence-corrected chi connectivity index (χ0v) is 43.0. The van der Waals surface area contributed by atoms with Crippen molar-refractivity contribution in [2.45, 2.75) is 26.7 Å². The van der Waals surface area contributed by atoms with Crippen molar-refractivity contribution in [3.63, 3.8) is 0 Å². The number of carboxylic acid groups (broad SMARTS) is 1. The first-order chi connectivity index (χ1) is 37.5. The molecule has 8 aromatic rings. The number of para-hydroxylation sites is 2. The first-order valence-electron chi connectivity index (χ1n) is 25.2. The highest BCUT2D eigenvalue weighted by molar-refractivity contribution is 6.45. The number of aromatic amines is 2. The highest BCUT2D eigenvalue weighted by Gasteiger charge is 2.35. The topological polar surface area (TPSA) is 275 Å². The number of H-pyrrole nitrogens is 2. The van der Waals surface area contributed by atoms with Crippen LogP contribution in [0.1, 0.15) is 45.2 Å². The highest BCUT2D eigenvalue weighted by Crippen LogP contribution is 2.34. The SMILES string of the molecule is COc1cnc(-n2cnc(C)n2)c2[nH]cc(C(=O)C(=O)N3CCC(C4=NCCN4c4ccccc4)CC3)c12.COc1cnc(-n2cnc(C)n2)c2[nH]cc(C(=O)C(=O)O)c12.c1ccc(N2CCN=C2N2CCNCC2)cc1. The number of aliphatic imine (C=N–C) groups is 2. The molecule has 77 heavy (non-hydrogen) atoms. The van der Waals surface area contributed by atoms with Gasteiger partial charge in [0.15, 0.2) is 11.6 Å². The molecular weight excluding hydrogens is 987 g/mol. The Morgan fingerprint density at radius 3 is 1.64 bits per heavy atom. The van der Waals surface area contributed by atoms with Gasteiger partial charge in [-0.1, -0.05) is 36.4 Å². The number of anilines is 2. The molecule has 0 spiro atoms. The summed E-state index contributed by atoms with van der Waals surface area (Å²) in [4.78, 5) is 90.4. The lowest BCUT2D eigenvalue weighted by Gasteiger charge is -2.34. The van der Waals surface area contributed by atoms with Gasteiger partial charge in [-0.25, -0.2) is 34.1 Å². The second-order valence-corrected chi connectivity index (χ2v) is 18.3. The number of methoxy groups -OCH3 is 2. The zero-order chi connectivity index (χ0) is 53.6. The maximum Gasteiger partial charge on any atom is 0.377 e. The van der Waals surface area contributed by atoms with E-state index in [-0.39, 0.29) is 17.0 Å². The van der Waals surface area contributed by atoms with Gasteiger partial charge in [-0.05, 0) is 51.0 Å². The number of guanidine groups is 1. The van der Waals surface area contributed by atoms with Gasteiger partial charge in [-0.2, -0.15) is 10.2 Å². The molecule has 12 rings (SSSR count). The van der Waals surface area contributed by atoms with Gasteiger partial charge in [0.05, 0.1) is 72.6 Å². The normalized spacial score (nSPS) is 15.6. The summed E-state index contributed by atoms with van der Waals surface area (Å²) in [6.07, 6.45) is 10.3. The number of Topliss-reactive ketones (excluding diaryl/α,β-unsaturated/α-hetero) is 2. The van der Waals surface area contributed by atoms with E-state index in [1.807, 2.05) is 18.2 Å². The van der Waals surface area contributed by atoms with Crippen molar-refractivity contribution in [2.75, 3.05) is 89.5 Å². The molecule has 24 nitrogen and oxygen atoms in total. The van der Waals surface area contributed by atoms with Crippen LogP contribution in [0.5, 0.6) is 11.5 Å². The number of nitrogens with one attached hydrogen (secondary N) is 3. The van der Waals surface area contributed by atoms with Crippen molar-refractivity contribution in [3.05, 3.63) is 121 Å². The van der Waals surface area contributed by atoms with Crippen LogP contribution < -0.4 is 24.6 Å². The van der Waals surface area contributed by atoms with E-state index in [9.17, 15) is 19.2 Å². The van der Waals surface area contributed by atoms with E-state index in [0.717, 1.165) is 82.7 Å². The van der Waals surface area contributed by atoms with Gasteiger partial charge in [0.25, 0.3) is 17.5 Å².